The molecule has 4 heteroatoms. The van der Waals surface area contributed by atoms with Gasteiger partial charge in [-0.15, -0.1) is 0 Å². The normalized spacial score (nSPS) is 23.5. The number of amides is 1. The highest BCUT2D eigenvalue weighted by Crippen LogP contribution is 2.03. The molecule has 1 rings (SSSR count). The fourth-order valence-corrected chi connectivity index (χ4v) is 0.780. The van der Waals surface area contributed by atoms with Gasteiger partial charge in [0.05, 0.1) is 19.3 Å². The summed E-state index contributed by atoms with van der Waals surface area (Å²) in [5, 5.41) is 3.55. The lowest BCUT2D eigenvalue weighted by Crippen LogP contribution is -2.21. The molecule has 63 valence electrons. The van der Waals surface area contributed by atoms with E-state index in [1.165, 1.54) is 0 Å². The van der Waals surface area contributed by atoms with E-state index in [1.807, 2.05) is 13.8 Å². The smallest absolute Gasteiger partial charge is 0.429 e. The molecule has 0 N–H and O–H groups in total. The van der Waals surface area contributed by atoms with Gasteiger partial charge in [0.15, 0.2) is 0 Å². The average molecular weight is 158 g/mol. The van der Waals surface area contributed by atoms with Crippen molar-refractivity contribution in [2.24, 2.45) is 0 Å². The maximum absolute atomic E-state index is 10.5. The quantitative estimate of drug-likeness (QED) is 0.602. The largest absolute Gasteiger partial charge is 0.440 e. The SMILES string of the molecule is CC(C)OCC1C[N]C(=O)O1. The van der Waals surface area contributed by atoms with Crippen LogP contribution in [-0.2, 0) is 9.47 Å². The zero-order chi connectivity index (χ0) is 8.27. The van der Waals surface area contributed by atoms with Crippen molar-refractivity contribution in [3.63, 3.8) is 0 Å². The van der Waals surface area contributed by atoms with E-state index < -0.39 is 6.09 Å². The van der Waals surface area contributed by atoms with Crippen molar-refractivity contribution in [3.8, 4) is 0 Å². The predicted molar refractivity (Wildman–Crippen MR) is 38.4 cm³/mol. The number of cyclic esters (lactones) is 1. The van der Waals surface area contributed by atoms with Crippen molar-refractivity contribution < 1.29 is 14.3 Å². The fourth-order valence-electron chi connectivity index (χ4n) is 0.780. The molecule has 1 fully saturated rings. The van der Waals surface area contributed by atoms with Crippen LogP contribution in [0, 0.1) is 0 Å². The van der Waals surface area contributed by atoms with Crippen LogP contribution in [0.5, 0.6) is 0 Å². The number of carbonyl (C=O) groups is 1. The molecule has 0 aromatic rings. The van der Waals surface area contributed by atoms with Gasteiger partial charge in [0.25, 0.3) is 0 Å². The molecule has 0 bridgehead atoms. The van der Waals surface area contributed by atoms with Crippen molar-refractivity contribution in [1.29, 1.82) is 0 Å². The molecule has 0 aliphatic carbocycles. The molecule has 1 atom stereocenters. The molecule has 1 amide bonds. The fraction of sp³-hybridized carbons (Fsp3) is 0.857. The highest BCUT2D eigenvalue weighted by Gasteiger charge is 2.24. The third kappa shape index (κ3) is 2.76. The van der Waals surface area contributed by atoms with E-state index in [0.29, 0.717) is 13.2 Å². The van der Waals surface area contributed by atoms with E-state index >= 15 is 0 Å². The van der Waals surface area contributed by atoms with Gasteiger partial charge in [-0.1, -0.05) is 0 Å². The minimum absolute atomic E-state index is 0.162. The summed E-state index contributed by atoms with van der Waals surface area (Å²) in [6.07, 6.45) is -0.457. The van der Waals surface area contributed by atoms with Gasteiger partial charge in [-0.3, -0.25) is 0 Å². The van der Waals surface area contributed by atoms with Gasteiger partial charge < -0.3 is 9.47 Å². The second-order valence-corrected chi connectivity index (χ2v) is 2.73. The van der Waals surface area contributed by atoms with Crippen molar-refractivity contribution >= 4 is 6.09 Å². The molecule has 0 aromatic carbocycles. The van der Waals surface area contributed by atoms with Crippen molar-refractivity contribution in [3.05, 3.63) is 0 Å². The van der Waals surface area contributed by atoms with E-state index in [1.54, 1.807) is 0 Å². The summed E-state index contributed by atoms with van der Waals surface area (Å²) in [6, 6.07) is 0. The molecule has 0 saturated carbocycles. The van der Waals surface area contributed by atoms with Crippen LogP contribution in [0.15, 0.2) is 0 Å². The third-order valence-corrected chi connectivity index (χ3v) is 1.31. The second kappa shape index (κ2) is 3.57. The van der Waals surface area contributed by atoms with Gasteiger partial charge in [-0.2, -0.15) is 0 Å². The summed E-state index contributed by atoms with van der Waals surface area (Å²) in [7, 11) is 0. The highest BCUT2D eigenvalue weighted by atomic mass is 16.6. The summed E-state index contributed by atoms with van der Waals surface area (Å²) in [5.41, 5.74) is 0. The standard InChI is InChI=1S/C7H12NO3/c1-5(2)10-4-6-3-8-7(9)11-6/h5-6H,3-4H2,1-2H3. The zero-order valence-electron chi connectivity index (χ0n) is 6.74. The molecule has 0 aromatic heterocycles. The van der Waals surface area contributed by atoms with Crippen LogP contribution in [0.1, 0.15) is 13.8 Å². The Bertz CT molecular complexity index is 147. The van der Waals surface area contributed by atoms with E-state index in [2.05, 4.69) is 5.32 Å². The lowest BCUT2D eigenvalue weighted by Gasteiger charge is -2.10. The van der Waals surface area contributed by atoms with Crippen molar-refractivity contribution in [1.82, 2.24) is 5.32 Å². The summed E-state index contributed by atoms with van der Waals surface area (Å²) < 4.78 is 10.0. The number of hydrogen-bond donors (Lipinski definition) is 0. The predicted octanol–water partition coefficient (Wildman–Crippen LogP) is 0.535. The van der Waals surface area contributed by atoms with Gasteiger partial charge in [-0.25, -0.2) is 10.1 Å². The zero-order valence-corrected chi connectivity index (χ0v) is 6.74. The molecule has 1 saturated heterocycles. The van der Waals surface area contributed by atoms with Gasteiger partial charge in [0.1, 0.15) is 6.10 Å². The minimum Gasteiger partial charge on any atom is -0.440 e. The van der Waals surface area contributed by atoms with Gasteiger partial charge in [-0.05, 0) is 13.8 Å². The van der Waals surface area contributed by atoms with E-state index in [0.717, 1.165) is 0 Å². The van der Waals surface area contributed by atoms with Crippen molar-refractivity contribution in [2.75, 3.05) is 13.2 Å². The summed E-state index contributed by atoms with van der Waals surface area (Å²) >= 11 is 0. The number of rotatable bonds is 3. The first-order chi connectivity index (χ1) is 5.18. The molecule has 1 aliphatic rings. The topological polar surface area (TPSA) is 49.6 Å². The van der Waals surface area contributed by atoms with Crippen LogP contribution >= 0.6 is 0 Å². The molecular weight excluding hydrogens is 146 g/mol. The van der Waals surface area contributed by atoms with Crippen LogP contribution in [0.2, 0.25) is 0 Å². The first-order valence-corrected chi connectivity index (χ1v) is 3.68. The number of ether oxygens (including phenoxy) is 2. The second-order valence-electron chi connectivity index (χ2n) is 2.73. The highest BCUT2D eigenvalue weighted by molar-refractivity contribution is 5.68. The number of hydrogen-bond acceptors (Lipinski definition) is 3. The van der Waals surface area contributed by atoms with Crippen molar-refractivity contribution in [2.45, 2.75) is 26.1 Å². The molecule has 11 heavy (non-hydrogen) atoms. The average Bonchev–Trinajstić information content (AvgIpc) is 2.31. The van der Waals surface area contributed by atoms with E-state index in [9.17, 15) is 4.79 Å². The van der Waals surface area contributed by atoms with Gasteiger partial charge >= 0.3 is 6.09 Å². The van der Waals surface area contributed by atoms with Gasteiger partial charge in [0, 0.05) is 0 Å². The Balaban J connectivity index is 2.13. The molecular formula is C7H12NO3. The Labute approximate surface area is 65.9 Å². The Morgan fingerprint density at radius 3 is 3.00 bits per heavy atom. The molecule has 1 heterocycles. The van der Waals surface area contributed by atoms with Crippen LogP contribution in [0.25, 0.3) is 0 Å². The summed E-state index contributed by atoms with van der Waals surface area (Å²) in [6.45, 7) is 4.76. The molecule has 1 aliphatic heterocycles. The van der Waals surface area contributed by atoms with Crippen LogP contribution < -0.4 is 5.32 Å². The maximum Gasteiger partial charge on any atom is 0.429 e. The Morgan fingerprint density at radius 2 is 2.55 bits per heavy atom. The Hall–Kier alpha value is -0.770. The lowest BCUT2D eigenvalue weighted by molar-refractivity contribution is 0.0153. The van der Waals surface area contributed by atoms with E-state index in [-0.39, 0.29) is 12.2 Å². The first-order valence-electron chi connectivity index (χ1n) is 3.68. The lowest BCUT2D eigenvalue weighted by atomic mass is 10.4. The van der Waals surface area contributed by atoms with Gasteiger partial charge in [0.2, 0.25) is 0 Å². The molecule has 4 nitrogen and oxygen atoms in total. The molecule has 1 radical (unpaired) electrons. The molecule has 1 unspecified atom stereocenters. The maximum atomic E-state index is 10.5. The van der Waals surface area contributed by atoms with E-state index in [4.69, 9.17) is 9.47 Å². The van der Waals surface area contributed by atoms with Crippen LogP contribution in [0.3, 0.4) is 0 Å². The minimum atomic E-state index is -0.470. The number of nitrogens with zero attached hydrogens (tertiary/aromatic N) is 1. The Morgan fingerprint density at radius 1 is 1.82 bits per heavy atom. The summed E-state index contributed by atoms with van der Waals surface area (Å²) in [5.74, 6) is 0. The Kier molecular flexibility index (Phi) is 2.70. The first kappa shape index (κ1) is 8.33. The third-order valence-electron chi connectivity index (χ3n) is 1.31. The van der Waals surface area contributed by atoms with Crippen LogP contribution in [-0.4, -0.2) is 31.5 Å². The monoisotopic (exact) mass is 158 g/mol. The summed E-state index contributed by atoms with van der Waals surface area (Å²) in [4.78, 5) is 10.5. The van der Waals surface area contributed by atoms with Crippen LogP contribution in [0.4, 0.5) is 4.79 Å². The molecule has 0 spiro atoms. The number of carbonyl (C=O) groups excluding carboxylic acids is 1.